The minimum Gasteiger partial charge on any atom is -0.455 e. The molecule has 0 aliphatic carbocycles. The van der Waals surface area contributed by atoms with E-state index in [2.05, 4.69) is 6.92 Å². The number of likely N-dealkylation sites (tertiary alicyclic amines) is 1. The van der Waals surface area contributed by atoms with Crippen molar-refractivity contribution in [1.82, 2.24) is 14.7 Å². The van der Waals surface area contributed by atoms with Gasteiger partial charge < -0.3 is 29.3 Å². The molecule has 3 amide bonds. The first kappa shape index (κ1) is 34.6. The van der Waals surface area contributed by atoms with Gasteiger partial charge in [-0.15, -0.1) is 0 Å². The van der Waals surface area contributed by atoms with E-state index in [1.54, 1.807) is 29.0 Å². The highest BCUT2D eigenvalue weighted by Gasteiger charge is 2.72. The van der Waals surface area contributed by atoms with E-state index < -0.39 is 66.3 Å². The molecule has 1 N–H and O–H groups in total. The van der Waals surface area contributed by atoms with E-state index in [9.17, 15) is 19.5 Å². The molecular formula is C39H47N3O7. The highest BCUT2D eigenvalue weighted by Crippen LogP contribution is 2.55. The van der Waals surface area contributed by atoms with Gasteiger partial charge >= 0.3 is 5.97 Å². The Morgan fingerprint density at radius 1 is 0.980 bits per heavy atom. The molecule has 2 saturated heterocycles. The van der Waals surface area contributed by atoms with Crippen molar-refractivity contribution >= 4 is 23.7 Å². The van der Waals surface area contributed by atoms with Crippen LogP contribution in [0, 0.1) is 11.8 Å². The lowest BCUT2D eigenvalue weighted by Gasteiger charge is -2.40. The lowest BCUT2D eigenvalue weighted by molar-refractivity contribution is -0.164. The third-order valence-corrected chi connectivity index (χ3v) is 10.8. The number of esters is 1. The number of hydrogen-bond acceptors (Lipinski definition) is 7. The molecule has 2 fully saturated rings. The largest absolute Gasteiger partial charge is 0.455 e. The number of ether oxygens (including phenoxy) is 2. The lowest BCUT2D eigenvalue weighted by atomic mass is 9.77. The van der Waals surface area contributed by atoms with Gasteiger partial charge in [0, 0.05) is 26.1 Å². The van der Waals surface area contributed by atoms with E-state index in [-0.39, 0.29) is 24.3 Å². The summed E-state index contributed by atoms with van der Waals surface area (Å²) in [4.78, 5) is 62.5. The fourth-order valence-corrected chi connectivity index (χ4v) is 8.18. The van der Waals surface area contributed by atoms with Crippen molar-refractivity contribution in [2.75, 3.05) is 20.2 Å². The Morgan fingerprint density at radius 2 is 1.67 bits per heavy atom. The summed E-state index contributed by atoms with van der Waals surface area (Å²) in [5, 5.41) is 10.8. The molecule has 9 atom stereocenters. The quantitative estimate of drug-likeness (QED) is 0.344. The van der Waals surface area contributed by atoms with E-state index in [4.69, 9.17) is 9.47 Å². The number of aliphatic hydroxyl groups excluding tert-OH is 1. The predicted molar refractivity (Wildman–Crippen MR) is 183 cm³/mol. The number of cyclic esters (lactones) is 1. The summed E-state index contributed by atoms with van der Waals surface area (Å²) >= 11 is 0. The number of nitrogens with zero attached hydrogens (tertiary/aromatic N) is 3. The van der Waals surface area contributed by atoms with E-state index in [1.165, 1.54) is 4.90 Å². The van der Waals surface area contributed by atoms with Gasteiger partial charge in [-0.2, -0.15) is 0 Å². The number of aliphatic hydroxyl groups is 1. The van der Waals surface area contributed by atoms with E-state index >= 15 is 4.79 Å². The Morgan fingerprint density at radius 3 is 2.35 bits per heavy atom. The van der Waals surface area contributed by atoms with Crippen molar-refractivity contribution in [3.8, 4) is 0 Å². The number of rotatable bonds is 7. The Hall–Kier alpha value is -4.28. The Balaban J connectivity index is 1.49. The maximum atomic E-state index is 15.0. The predicted octanol–water partition coefficient (Wildman–Crippen LogP) is 4.37. The second kappa shape index (κ2) is 14.3. The molecule has 10 heteroatoms. The summed E-state index contributed by atoms with van der Waals surface area (Å²) in [6.07, 6.45) is 7.80. The summed E-state index contributed by atoms with van der Waals surface area (Å²) in [6, 6.07) is 15.8. The molecule has 0 saturated carbocycles. The number of likely N-dealkylation sites (N-methyl/N-ethyl adjacent to an activating group) is 1. The fraction of sp³-hybridized carbons (Fsp3) is 0.487. The summed E-state index contributed by atoms with van der Waals surface area (Å²) in [6.45, 7) is 5.80. The molecule has 49 heavy (non-hydrogen) atoms. The minimum atomic E-state index is -1.50. The average molecular weight is 670 g/mol. The highest BCUT2D eigenvalue weighted by molar-refractivity contribution is 5.99. The van der Waals surface area contributed by atoms with Crippen LogP contribution >= 0.6 is 0 Å². The van der Waals surface area contributed by atoms with Gasteiger partial charge in [0.1, 0.15) is 23.7 Å². The van der Waals surface area contributed by atoms with Gasteiger partial charge in [-0.1, -0.05) is 98.3 Å². The van der Waals surface area contributed by atoms with Gasteiger partial charge in [0.25, 0.3) is 0 Å². The van der Waals surface area contributed by atoms with Crippen molar-refractivity contribution in [3.63, 3.8) is 0 Å². The van der Waals surface area contributed by atoms with Crippen molar-refractivity contribution < 1.29 is 33.8 Å². The van der Waals surface area contributed by atoms with Crippen LogP contribution in [0.4, 0.5) is 0 Å². The zero-order chi connectivity index (χ0) is 34.9. The lowest BCUT2D eigenvalue weighted by Crippen LogP contribution is -2.57. The van der Waals surface area contributed by atoms with Crippen molar-refractivity contribution in [3.05, 3.63) is 96.1 Å². The van der Waals surface area contributed by atoms with Gasteiger partial charge in [0.2, 0.25) is 17.7 Å². The molecule has 2 aromatic rings. The summed E-state index contributed by atoms with van der Waals surface area (Å²) in [5.41, 5.74) is -0.116. The molecule has 4 heterocycles. The summed E-state index contributed by atoms with van der Waals surface area (Å²) < 4.78 is 13.2. The van der Waals surface area contributed by atoms with Crippen LogP contribution in [0.25, 0.3) is 0 Å². The standard InChI is InChI=1S/C39H47N3O7/c1-5-15-25(2)41-23-14-22-39-33(36(45)42(35(39)37(41)46)29(24-43)27-16-8-6-9-17-27)32-30(49-39)20-12-13-21-31(44)40(4)26(3)34(48-38(32)47)28-18-10-7-11-19-28/h6-12,14,16-20,22,25-26,29-30,32-35,43H,5,13,15,21,23-24H2,1-4H3/b20-12-/t25?,26-,29-,30-,32+,33+,34+,35-,39+/m1/s1. The molecule has 2 aromatic carbocycles. The first-order valence-corrected chi connectivity index (χ1v) is 17.5. The summed E-state index contributed by atoms with van der Waals surface area (Å²) in [5.74, 6) is -3.66. The molecule has 4 aliphatic rings. The zero-order valence-electron chi connectivity index (χ0n) is 28.7. The molecule has 1 spiro atoms. The molecule has 0 aromatic heterocycles. The van der Waals surface area contributed by atoms with Gasteiger partial charge in [-0.05, 0) is 37.8 Å². The Bertz CT molecular complexity index is 1600. The summed E-state index contributed by atoms with van der Waals surface area (Å²) in [7, 11) is 1.71. The number of amides is 3. The van der Waals surface area contributed by atoms with E-state index in [0.29, 0.717) is 24.1 Å². The zero-order valence-corrected chi connectivity index (χ0v) is 28.7. The Kier molecular flexibility index (Phi) is 10.1. The van der Waals surface area contributed by atoms with Gasteiger partial charge in [0.05, 0.1) is 30.7 Å². The molecule has 0 radical (unpaired) electrons. The molecule has 6 rings (SSSR count). The van der Waals surface area contributed by atoms with Crippen LogP contribution in [0.3, 0.4) is 0 Å². The molecule has 10 nitrogen and oxygen atoms in total. The highest BCUT2D eigenvalue weighted by atomic mass is 16.6. The van der Waals surface area contributed by atoms with E-state index in [0.717, 1.165) is 12.8 Å². The van der Waals surface area contributed by atoms with Crippen LogP contribution in [-0.2, 0) is 28.7 Å². The number of hydrogen-bond donors (Lipinski definition) is 1. The number of allylic oxidation sites excluding steroid dienone is 1. The molecule has 0 bridgehead atoms. The third kappa shape index (κ3) is 6.10. The number of fused-ring (bicyclic) bond motifs is 2. The average Bonchev–Trinajstić information content (AvgIpc) is 3.50. The SMILES string of the molecule is CCCC(C)N1CC=C[C@]23O[C@@H]4/C=C\CCC(=O)N(C)[C@H](C)[C@@H](c5ccccc5)OC(=O)[C@@H]4[C@H]2C(=O)N([C@H](CO)c2ccccc2)[C@@H]3C1=O. The Labute approximate surface area is 288 Å². The third-order valence-electron chi connectivity index (χ3n) is 10.8. The number of benzene rings is 2. The van der Waals surface area contributed by atoms with Crippen LogP contribution in [0.15, 0.2) is 85.0 Å². The van der Waals surface area contributed by atoms with Gasteiger partial charge in [0.15, 0.2) is 0 Å². The van der Waals surface area contributed by atoms with Crippen LogP contribution in [0.5, 0.6) is 0 Å². The van der Waals surface area contributed by atoms with Gasteiger partial charge in [-0.3, -0.25) is 19.2 Å². The topological polar surface area (TPSA) is 117 Å². The van der Waals surface area contributed by atoms with Crippen molar-refractivity contribution in [1.29, 1.82) is 0 Å². The smallest absolute Gasteiger partial charge is 0.313 e. The first-order chi connectivity index (χ1) is 23.6. The van der Waals surface area contributed by atoms with Gasteiger partial charge in [-0.25, -0.2) is 0 Å². The second-order valence-corrected chi connectivity index (χ2v) is 13.7. The fourth-order valence-electron chi connectivity index (χ4n) is 8.18. The molecular weight excluding hydrogens is 622 g/mol. The second-order valence-electron chi connectivity index (χ2n) is 13.7. The molecule has 4 aliphatic heterocycles. The monoisotopic (exact) mass is 669 g/mol. The maximum Gasteiger partial charge on any atom is 0.313 e. The van der Waals surface area contributed by atoms with Crippen LogP contribution in [-0.4, -0.2) is 93.5 Å². The van der Waals surface area contributed by atoms with Crippen molar-refractivity contribution in [2.45, 2.75) is 88.4 Å². The van der Waals surface area contributed by atoms with Crippen molar-refractivity contribution in [2.24, 2.45) is 11.8 Å². The maximum absolute atomic E-state index is 15.0. The minimum absolute atomic E-state index is 0.0884. The van der Waals surface area contributed by atoms with Crippen LogP contribution in [0.2, 0.25) is 0 Å². The number of carbonyl (C=O) groups excluding carboxylic acids is 4. The van der Waals surface area contributed by atoms with Crippen LogP contribution < -0.4 is 0 Å². The van der Waals surface area contributed by atoms with E-state index in [1.807, 2.05) is 86.7 Å². The molecule has 1 unspecified atom stereocenters. The normalized spacial score (nSPS) is 32.3. The first-order valence-electron chi connectivity index (χ1n) is 17.5. The molecule has 260 valence electrons. The van der Waals surface area contributed by atoms with Crippen LogP contribution in [0.1, 0.15) is 69.7 Å². The number of carbonyl (C=O) groups is 4.